The standard InChI is InChI=1S/C16H23O5P/c1-11-14(21-22(3)4)15(13(18-2)10-19-11)20-16(17)12-8-6-5-7-9-12/h5-9,11,13-15H,10H2,1-4H3/i2TD. The normalized spacial score (nSPS) is 31.3. The highest BCUT2D eigenvalue weighted by Gasteiger charge is 2.43. The summed E-state index contributed by atoms with van der Waals surface area (Å²) in [6.07, 6.45) is -2.23. The third-order valence-corrected chi connectivity index (χ3v) is 4.10. The molecule has 2 rings (SSSR count). The fourth-order valence-corrected chi connectivity index (χ4v) is 3.11. The molecule has 5 unspecified atom stereocenters. The van der Waals surface area contributed by atoms with E-state index in [1.165, 1.54) is 0 Å². The summed E-state index contributed by atoms with van der Waals surface area (Å²) in [6.45, 7) is 5.89. The highest BCUT2D eigenvalue weighted by atomic mass is 31.1. The van der Waals surface area contributed by atoms with Crippen molar-refractivity contribution in [1.29, 1.82) is 0 Å². The van der Waals surface area contributed by atoms with Gasteiger partial charge >= 0.3 is 5.97 Å². The second kappa shape index (κ2) is 8.02. The molecular formula is C16H23O5P. The molecule has 1 aromatic carbocycles. The van der Waals surface area contributed by atoms with E-state index in [1.54, 1.807) is 24.3 Å². The Morgan fingerprint density at radius 3 is 2.77 bits per heavy atom. The summed E-state index contributed by atoms with van der Waals surface area (Å²) in [5.41, 5.74) is 0.428. The van der Waals surface area contributed by atoms with Crippen LogP contribution in [-0.4, -0.2) is 57.4 Å². The van der Waals surface area contributed by atoms with E-state index in [4.69, 9.17) is 21.5 Å². The van der Waals surface area contributed by atoms with Crippen LogP contribution in [0.5, 0.6) is 0 Å². The molecule has 1 fully saturated rings. The van der Waals surface area contributed by atoms with Crippen LogP contribution in [0.1, 0.15) is 20.0 Å². The minimum Gasteiger partial charge on any atom is -0.453 e. The third kappa shape index (κ3) is 4.26. The molecule has 0 N–H and O–H groups in total. The minimum absolute atomic E-state index is 0.146. The van der Waals surface area contributed by atoms with Gasteiger partial charge in [-0.3, -0.25) is 0 Å². The van der Waals surface area contributed by atoms with Crippen LogP contribution in [0.3, 0.4) is 0 Å². The van der Waals surface area contributed by atoms with E-state index in [1.807, 2.05) is 26.3 Å². The number of carbonyl (C=O) groups is 1. The number of esters is 1. The zero-order valence-electron chi connectivity index (χ0n) is 15.0. The molecule has 0 spiro atoms. The average Bonchev–Trinajstić information content (AvgIpc) is 2.53. The molecule has 0 bridgehead atoms. The highest BCUT2D eigenvalue weighted by molar-refractivity contribution is 7.50. The lowest BCUT2D eigenvalue weighted by Gasteiger charge is -2.40. The van der Waals surface area contributed by atoms with Gasteiger partial charge in [-0.15, -0.1) is 0 Å². The van der Waals surface area contributed by atoms with E-state index in [-0.39, 0.29) is 12.7 Å². The fourth-order valence-electron chi connectivity index (χ4n) is 2.33. The lowest BCUT2D eigenvalue weighted by atomic mass is 10.0. The highest BCUT2D eigenvalue weighted by Crippen LogP contribution is 2.35. The van der Waals surface area contributed by atoms with Gasteiger partial charge in [-0.1, -0.05) is 18.2 Å². The number of carbonyl (C=O) groups excluding carboxylic acids is 1. The molecule has 1 aliphatic rings. The summed E-state index contributed by atoms with van der Waals surface area (Å²) in [6, 6.07) is 8.66. The van der Waals surface area contributed by atoms with Crippen molar-refractivity contribution >= 4 is 14.1 Å². The van der Waals surface area contributed by atoms with Gasteiger partial charge in [0.15, 0.2) is 6.10 Å². The second-order valence-electron chi connectivity index (χ2n) is 5.33. The van der Waals surface area contributed by atoms with Crippen molar-refractivity contribution in [1.82, 2.24) is 0 Å². The van der Waals surface area contributed by atoms with Crippen molar-refractivity contribution in [2.24, 2.45) is 0 Å². The van der Waals surface area contributed by atoms with Crippen molar-refractivity contribution in [3.8, 4) is 0 Å². The van der Waals surface area contributed by atoms with Gasteiger partial charge in [-0.2, -0.15) is 0 Å². The Morgan fingerprint density at radius 2 is 2.14 bits per heavy atom. The molecule has 0 amide bonds. The van der Waals surface area contributed by atoms with Crippen molar-refractivity contribution in [3.05, 3.63) is 35.9 Å². The Balaban J connectivity index is 2.19. The van der Waals surface area contributed by atoms with Gasteiger partial charge < -0.3 is 18.7 Å². The number of ether oxygens (including phenoxy) is 3. The van der Waals surface area contributed by atoms with Gasteiger partial charge in [-0.25, -0.2) is 4.79 Å². The van der Waals surface area contributed by atoms with Crippen LogP contribution in [0.25, 0.3) is 0 Å². The monoisotopic (exact) mass is 329 g/mol. The smallest absolute Gasteiger partial charge is 0.338 e. The van der Waals surface area contributed by atoms with Gasteiger partial charge in [0.25, 0.3) is 0 Å². The largest absolute Gasteiger partial charge is 0.453 e. The van der Waals surface area contributed by atoms with Crippen molar-refractivity contribution in [2.75, 3.05) is 27.0 Å². The maximum Gasteiger partial charge on any atom is 0.338 e. The first-order valence-corrected chi connectivity index (χ1v) is 9.25. The Bertz CT molecular complexity index is 528. The van der Waals surface area contributed by atoms with Crippen molar-refractivity contribution < 1.29 is 26.3 Å². The molecule has 0 aromatic heterocycles. The van der Waals surface area contributed by atoms with Crippen LogP contribution in [-0.2, 0) is 18.7 Å². The lowest BCUT2D eigenvalue weighted by molar-refractivity contribution is -0.181. The van der Waals surface area contributed by atoms with Crippen LogP contribution in [0.2, 0.25) is 0 Å². The zero-order valence-corrected chi connectivity index (χ0v) is 13.9. The van der Waals surface area contributed by atoms with Gasteiger partial charge in [0.2, 0.25) is 0 Å². The van der Waals surface area contributed by atoms with Crippen LogP contribution in [0.4, 0.5) is 0 Å². The predicted octanol–water partition coefficient (Wildman–Crippen LogP) is 2.69. The Labute approximate surface area is 135 Å². The van der Waals surface area contributed by atoms with E-state index >= 15 is 0 Å². The Hall–Kier alpha value is -1.00. The number of hydrogen-bond donors (Lipinski definition) is 0. The average molecular weight is 329 g/mol. The van der Waals surface area contributed by atoms with Crippen LogP contribution < -0.4 is 0 Å². The van der Waals surface area contributed by atoms with Gasteiger partial charge in [-0.05, 0) is 32.4 Å². The zero-order chi connectivity index (χ0) is 17.7. The van der Waals surface area contributed by atoms with Gasteiger partial charge in [0, 0.05) is 15.2 Å². The molecule has 1 heterocycles. The molecule has 22 heavy (non-hydrogen) atoms. The molecule has 0 aliphatic carbocycles. The Morgan fingerprint density at radius 1 is 1.41 bits per heavy atom. The minimum atomic E-state index is -1.49. The molecule has 5 atom stereocenters. The van der Waals surface area contributed by atoms with E-state index < -0.39 is 39.5 Å². The first kappa shape index (κ1) is 14.6. The molecule has 0 saturated carbocycles. The van der Waals surface area contributed by atoms with Crippen LogP contribution in [0, 0.1) is 0 Å². The lowest BCUT2D eigenvalue weighted by Crippen LogP contribution is -2.55. The van der Waals surface area contributed by atoms with E-state index in [0.29, 0.717) is 5.56 Å². The summed E-state index contributed by atoms with van der Waals surface area (Å²) in [7, 11) is -2.21. The number of methoxy groups -OCH3 is 1. The van der Waals surface area contributed by atoms with Crippen LogP contribution in [0.15, 0.2) is 30.3 Å². The van der Waals surface area contributed by atoms with E-state index in [0.717, 1.165) is 0 Å². The molecule has 5 nitrogen and oxygen atoms in total. The SMILES string of the molecule is [2H]C([3H])OC1COC(C)C(OP(C)C)C1OC(=O)c1ccccc1. The van der Waals surface area contributed by atoms with Crippen molar-refractivity contribution in [2.45, 2.75) is 31.3 Å². The summed E-state index contributed by atoms with van der Waals surface area (Å²) in [5.74, 6) is -0.486. The molecule has 1 aliphatic heterocycles. The quantitative estimate of drug-likeness (QED) is 0.614. The van der Waals surface area contributed by atoms with E-state index in [2.05, 4.69) is 0 Å². The third-order valence-electron chi connectivity index (χ3n) is 3.44. The molecule has 122 valence electrons. The molecule has 0 radical (unpaired) electrons. The number of benzene rings is 1. The first-order valence-electron chi connectivity index (χ1n) is 8.25. The molecule has 6 heteroatoms. The predicted molar refractivity (Wildman–Crippen MR) is 85.5 cm³/mol. The number of rotatable bonds is 5. The molecular weight excluding hydrogens is 303 g/mol. The topological polar surface area (TPSA) is 54.0 Å². The molecule has 1 aromatic rings. The fraction of sp³-hybridized carbons (Fsp3) is 0.562. The van der Waals surface area contributed by atoms with Crippen molar-refractivity contribution in [3.63, 3.8) is 0 Å². The molecule has 1 saturated heterocycles. The summed E-state index contributed by atoms with van der Waals surface area (Å²) in [5, 5.41) is 0. The maximum absolute atomic E-state index is 12.4. The van der Waals surface area contributed by atoms with Gasteiger partial charge in [0.05, 0.1) is 21.0 Å². The van der Waals surface area contributed by atoms with Crippen LogP contribution >= 0.6 is 8.15 Å². The first-order chi connectivity index (χ1) is 11.4. The Kier molecular flexibility index (Phi) is 5.32. The summed E-state index contributed by atoms with van der Waals surface area (Å²) < 4.78 is 37.1. The summed E-state index contributed by atoms with van der Waals surface area (Å²) in [4.78, 5) is 12.4. The number of hydrogen-bond acceptors (Lipinski definition) is 5. The van der Waals surface area contributed by atoms with Gasteiger partial charge in [0.1, 0.15) is 12.2 Å². The summed E-state index contributed by atoms with van der Waals surface area (Å²) >= 11 is 0. The second-order valence-corrected chi connectivity index (χ2v) is 7.17. The maximum atomic E-state index is 12.4. The van der Waals surface area contributed by atoms with E-state index in [9.17, 15) is 4.79 Å².